The first-order chi connectivity index (χ1) is 15.0. The van der Waals surface area contributed by atoms with Crippen molar-refractivity contribution in [3.05, 3.63) is 82.7 Å². The van der Waals surface area contributed by atoms with Gasteiger partial charge in [0, 0.05) is 18.7 Å². The molecule has 7 heteroatoms. The summed E-state index contributed by atoms with van der Waals surface area (Å²) in [7, 11) is 0. The third-order valence-electron chi connectivity index (χ3n) is 5.72. The van der Waals surface area contributed by atoms with Crippen molar-refractivity contribution in [2.75, 3.05) is 6.54 Å². The van der Waals surface area contributed by atoms with Crippen molar-refractivity contribution in [2.24, 2.45) is 0 Å². The standard InChI is InChI=1S/C24H27N5O2/c1-17-10-11-21(18(2)13-17)24(31)29-12-6-9-20(29)15-28-16-22(26-27-28)23(30)25-14-19-7-4-3-5-8-19/h3-5,7-8,10-11,13,16,20H,6,9,12,14-15H2,1-2H3,(H,25,30)/t20-/m0/s1. The summed E-state index contributed by atoms with van der Waals surface area (Å²) in [4.78, 5) is 27.5. The fourth-order valence-corrected chi connectivity index (χ4v) is 4.08. The minimum absolute atomic E-state index is 0.0372. The van der Waals surface area contributed by atoms with Gasteiger partial charge in [0.1, 0.15) is 0 Å². The number of nitrogens with zero attached hydrogens (tertiary/aromatic N) is 4. The first kappa shape index (κ1) is 20.8. The highest BCUT2D eigenvalue weighted by Gasteiger charge is 2.30. The van der Waals surface area contributed by atoms with Crippen LogP contribution in [-0.4, -0.2) is 44.3 Å². The van der Waals surface area contributed by atoms with Crippen molar-refractivity contribution >= 4 is 11.8 Å². The number of rotatable bonds is 6. The molecule has 160 valence electrons. The highest BCUT2D eigenvalue weighted by atomic mass is 16.2. The maximum atomic E-state index is 13.1. The molecule has 2 amide bonds. The molecule has 31 heavy (non-hydrogen) atoms. The average Bonchev–Trinajstić information content (AvgIpc) is 3.42. The van der Waals surface area contributed by atoms with E-state index in [4.69, 9.17) is 0 Å². The summed E-state index contributed by atoms with van der Waals surface area (Å²) in [5, 5.41) is 11.0. The van der Waals surface area contributed by atoms with Gasteiger partial charge < -0.3 is 10.2 Å². The number of aromatic nitrogens is 3. The van der Waals surface area contributed by atoms with E-state index >= 15 is 0 Å². The largest absolute Gasteiger partial charge is 0.347 e. The highest BCUT2D eigenvalue weighted by molar-refractivity contribution is 5.96. The molecule has 3 aromatic rings. The molecule has 0 unspecified atom stereocenters. The summed E-state index contributed by atoms with van der Waals surface area (Å²) in [5.74, 6) is -0.203. The molecule has 4 rings (SSSR count). The van der Waals surface area contributed by atoms with Crippen LogP contribution < -0.4 is 5.32 Å². The number of amides is 2. The second-order valence-corrected chi connectivity index (χ2v) is 8.11. The molecule has 2 heterocycles. The third kappa shape index (κ3) is 4.82. The molecule has 1 aromatic heterocycles. The van der Waals surface area contributed by atoms with Crippen LogP contribution in [0, 0.1) is 13.8 Å². The quantitative estimate of drug-likeness (QED) is 0.668. The molecule has 1 N–H and O–H groups in total. The Bertz CT molecular complexity index is 1080. The number of hydrogen-bond donors (Lipinski definition) is 1. The van der Waals surface area contributed by atoms with E-state index in [0.29, 0.717) is 13.1 Å². The van der Waals surface area contributed by atoms with Gasteiger partial charge >= 0.3 is 0 Å². The molecular formula is C24H27N5O2. The Labute approximate surface area is 182 Å². The van der Waals surface area contributed by atoms with Gasteiger partial charge in [-0.15, -0.1) is 5.10 Å². The average molecular weight is 418 g/mol. The first-order valence-electron chi connectivity index (χ1n) is 10.6. The van der Waals surface area contributed by atoms with Crippen molar-refractivity contribution in [1.82, 2.24) is 25.2 Å². The van der Waals surface area contributed by atoms with Crippen LogP contribution in [-0.2, 0) is 13.1 Å². The molecular weight excluding hydrogens is 390 g/mol. The molecule has 1 atom stereocenters. The van der Waals surface area contributed by atoms with Gasteiger partial charge in [0.05, 0.1) is 18.8 Å². The van der Waals surface area contributed by atoms with Gasteiger partial charge in [0.2, 0.25) is 0 Å². The van der Waals surface area contributed by atoms with Gasteiger partial charge in [0.25, 0.3) is 11.8 Å². The van der Waals surface area contributed by atoms with Crippen molar-refractivity contribution < 1.29 is 9.59 Å². The Morgan fingerprint density at radius 1 is 1.13 bits per heavy atom. The van der Waals surface area contributed by atoms with Gasteiger partial charge in [0.15, 0.2) is 5.69 Å². The Hall–Kier alpha value is -3.48. The maximum Gasteiger partial charge on any atom is 0.273 e. The van der Waals surface area contributed by atoms with Gasteiger partial charge in [-0.25, -0.2) is 4.68 Å². The van der Waals surface area contributed by atoms with E-state index in [-0.39, 0.29) is 23.6 Å². The van der Waals surface area contributed by atoms with E-state index in [1.807, 2.05) is 67.3 Å². The molecule has 2 aromatic carbocycles. The lowest BCUT2D eigenvalue weighted by Gasteiger charge is -2.25. The zero-order chi connectivity index (χ0) is 21.8. The minimum atomic E-state index is -0.260. The van der Waals surface area contributed by atoms with Crippen LogP contribution in [0.4, 0.5) is 0 Å². The molecule has 1 aliphatic heterocycles. The molecule has 0 radical (unpaired) electrons. The lowest BCUT2D eigenvalue weighted by Crippen LogP contribution is -2.38. The maximum absolute atomic E-state index is 13.1. The Morgan fingerprint density at radius 2 is 1.94 bits per heavy atom. The monoisotopic (exact) mass is 417 g/mol. The summed E-state index contributed by atoms with van der Waals surface area (Å²) < 4.78 is 1.66. The number of hydrogen-bond acceptors (Lipinski definition) is 4. The summed E-state index contributed by atoms with van der Waals surface area (Å²) in [5.41, 5.74) is 4.19. The number of nitrogens with one attached hydrogen (secondary N) is 1. The Balaban J connectivity index is 1.39. The molecule has 0 aliphatic carbocycles. The van der Waals surface area contributed by atoms with Crippen LogP contribution in [0.2, 0.25) is 0 Å². The predicted molar refractivity (Wildman–Crippen MR) is 118 cm³/mol. The summed E-state index contributed by atoms with van der Waals surface area (Å²) in [6, 6.07) is 15.7. The second-order valence-electron chi connectivity index (χ2n) is 8.11. The second kappa shape index (κ2) is 9.12. The zero-order valence-corrected chi connectivity index (χ0v) is 17.9. The number of carbonyl (C=O) groups is 2. The summed E-state index contributed by atoms with van der Waals surface area (Å²) in [6.45, 7) is 5.69. The Morgan fingerprint density at radius 3 is 2.71 bits per heavy atom. The molecule has 0 spiro atoms. The number of likely N-dealkylation sites (tertiary alicyclic amines) is 1. The van der Waals surface area contributed by atoms with E-state index in [9.17, 15) is 9.59 Å². The van der Waals surface area contributed by atoms with E-state index in [2.05, 4.69) is 15.6 Å². The third-order valence-corrected chi connectivity index (χ3v) is 5.72. The number of carbonyl (C=O) groups excluding carboxylic acids is 2. The first-order valence-corrected chi connectivity index (χ1v) is 10.6. The summed E-state index contributed by atoms with van der Waals surface area (Å²) in [6.07, 6.45) is 3.52. The lowest BCUT2D eigenvalue weighted by molar-refractivity contribution is 0.0720. The molecule has 1 aliphatic rings. The predicted octanol–water partition coefficient (Wildman–Crippen LogP) is 3.13. The smallest absolute Gasteiger partial charge is 0.273 e. The zero-order valence-electron chi connectivity index (χ0n) is 17.9. The topological polar surface area (TPSA) is 80.1 Å². The molecule has 0 saturated carbocycles. The van der Waals surface area contributed by atoms with Crippen LogP contribution in [0.25, 0.3) is 0 Å². The molecule has 1 fully saturated rings. The molecule has 7 nitrogen and oxygen atoms in total. The van der Waals surface area contributed by atoms with Crippen LogP contribution in [0.15, 0.2) is 54.7 Å². The van der Waals surface area contributed by atoms with Crippen molar-refractivity contribution in [2.45, 2.75) is 45.8 Å². The lowest BCUT2D eigenvalue weighted by atomic mass is 10.0. The van der Waals surface area contributed by atoms with Gasteiger partial charge in [-0.2, -0.15) is 0 Å². The minimum Gasteiger partial charge on any atom is -0.347 e. The highest BCUT2D eigenvalue weighted by Crippen LogP contribution is 2.23. The van der Waals surface area contributed by atoms with Crippen molar-refractivity contribution in [1.29, 1.82) is 0 Å². The fourth-order valence-electron chi connectivity index (χ4n) is 4.08. The van der Waals surface area contributed by atoms with Crippen LogP contribution in [0.5, 0.6) is 0 Å². The molecule has 1 saturated heterocycles. The number of aryl methyl sites for hydroxylation is 2. The van der Waals surface area contributed by atoms with E-state index in [1.165, 1.54) is 0 Å². The summed E-state index contributed by atoms with van der Waals surface area (Å²) >= 11 is 0. The fraction of sp³-hybridized carbons (Fsp3) is 0.333. The Kier molecular flexibility index (Phi) is 6.11. The SMILES string of the molecule is Cc1ccc(C(=O)N2CCC[C@H]2Cn2cc(C(=O)NCc3ccccc3)nn2)c(C)c1. The van der Waals surface area contributed by atoms with E-state index in [1.54, 1.807) is 10.9 Å². The van der Waals surface area contributed by atoms with Gasteiger partial charge in [-0.05, 0) is 43.9 Å². The van der Waals surface area contributed by atoms with Crippen molar-refractivity contribution in [3.63, 3.8) is 0 Å². The van der Waals surface area contributed by atoms with Crippen LogP contribution in [0.1, 0.15) is 50.4 Å². The van der Waals surface area contributed by atoms with Crippen molar-refractivity contribution in [3.8, 4) is 0 Å². The van der Waals surface area contributed by atoms with Crippen LogP contribution >= 0.6 is 0 Å². The van der Waals surface area contributed by atoms with Crippen LogP contribution in [0.3, 0.4) is 0 Å². The van der Waals surface area contributed by atoms with E-state index in [0.717, 1.165) is 41.6 Å². The van der Waals surface area contributed by atoms with Gasteiger partial charge in [-0.3, -0.25) is 9.59 Å². The van der Waals surface area contributed by atoms with Gasteiger partial charge in [-0.1, -0.05) is 53.2 Å². The normalized spacial score (nSPS) is 15.8. The molecule has 0 bridgehead atoms. The van der Waals surface area contributed by atoms with E-state index < -0.39 is 0 Å². The number of benzene rings is 2.